The molecule has 100 valence electrons. The van der Waals surface area contributed by atoms with E-state index in [1.54, 1.807) is 0 Å². The summed E-state index contributed by atoms with van der Waals surface area (Å²) in [4.78, 5) is 0. The molecule has 1 nitrogen and oxygen atoms in total. The van der Waals surface area contributed by atoms with Crippen molar-refractivity contribution in [3.05, 3.63) is 0 Å². The molecule has 17 heavy (non-hydrogen) atoms. The summed E-state index contributed by atoms with van der Waals surface area (Å²) < 4.78 is 0. The first-order valence-electron chi connectivity index (χ1n) is 7.89. The van der Waals surface area contributed by atoms with Crippen molar-refractivity contribution in [2.45, 2.75) is 71.3 Å². The zero-order valence-corrected chi connectivity index (χ0v) is 12.0. The maximum absolute atomic E-state index is 3.60. The van der Waals surface area contributed by atoms with E-state index >= 15 is 0 Å². The summed E-state index contributed by atoms with van der Waals surface area (Å²) in [6, 6.07) is 0.819. The van der Waals surface area contributed by atoms with Gasteiger partial charge in [0.15, 0.2) is 0 Å². The normalized spacial score (nSPS) is 39.5. The fourth-order valence-electron chi connectivity index (χ4n) is 4.34. The van der Waals surface area contributed by atoms with Gasteiger partial charge in [0.1, 0.15) is 0 Å². The van der Waals surface area contributed by atoms with Crippen molar-refractivity contribution in [1.82, 2.24) is 5.32 Å². The van der Waals surface area contributed by atoms with Crippen LogP contribution in [-0.4, -0.2) is 13.1 Å². The Hall–Kier alpha value is -0.0400. The average Bonchev–Trinajstić information content (AvgIpc) is 2.39. The maximum atomic E-state index is 3.60. The van der Waals surface area contributed by atoms with E-state index in [9.17, 15) is 0 Å². The van der Waals surface area contributed by atoms with Crippen LogP contribution in [0.1, 0.15) is 65.2 Å². The second kappa shape index (κ2) is 6.22. The van der Waals surface area contributed by atoms with E-state index < -0.39 is 0 Å². The van der Waals surface area contributed by atoms with Crippen LogP contribution in [-0.2, 0) is 0 Å². The van der Waals surface area contributed by atoms with Crippen LogP contribution in [0.15, 0.2) is 0 Å². The van der Waals surface area contributed by atoms with E-state index in [1.165, 1.54) is 51.4 Å². The summed E-state index contributed by atoms with van der Waals surface area (Å²) in [5.74, 6) is 3.91. The summed E-state index contributed by atoms with van der Waals surface area (Å²) in [6.07, 6.45) is 11.8. The second-order valence-corrected chi connectivity index (χ2v) is 6.77. The van der Waals surface area contributed by atoms with E-state index in [4.69, 9.17) is 0 Å². The Morgan fingerprint density at radius 3 is 2.41 bits per heavy atom. The first kappa shape index (κ1) is 13.4. The standard InChI is InChI=1S/C16H31N/c1-12(2)13-7-6-8-14(11-13)15-9-4-5-10-16(15)17-3/h12-17H,4-11H2,1-3H3. The van der Waals surface area contributed by atoms with Crippen LogP contribution in [0.25, 0.3) is 0 Å². The lowest BCUT2D eigenvalue weighted by molar-refractivity contribution is 0.113. The zero-order chi connectivity index (χ0) is 12.3. The molecule has 2 aliphatic rings. The highest BCUT2D eigenvalue weighted by molar-refractivity contribution is 4.88. The Morgan fingerprint density at radius 1 is 0.941 bits per heavy atom. The van der Waals surface area contributed by atoms with Gasteiger partial charge >= 0.3 is 0 Å². The van der Waals surface area contributed by atoms with Gasteiger partial charge in [-0.2, -0.15) is 0 Å². The third-order valence-corrected chi connectivity index (χ3v) is 5.49. The molecular weight excluding hydrogens is 206 g/mol. The molecular formula is C16H31N. The van der Waals surface area contributed by atoms with Gasteiger partial charge in [0.25, 0.3) is 0 Å². The number of hydrogen-bond donors (Lipinski definition) is 1. The monoisotopic (exact) mass is 237 g/mol. The highest BCUT2D eigenvalue weighted by Crippen LogP contribution is 2.42. The maximum Gasteiger partial charge on any atom is 0.00949 e. The lowest BCUT2D eigenvalue weighted by Crippen LogP contribution is -2.41. The number of rotatable bonds is 3. The Kier molecular flexibility index (Phi) is 4.90. The molecule has 4 atom stereocenters. The lowest BCUT2D eigenvalue weighted by atomic mass is 9.66. The van der Waals surface area contributed by atoms with E-state index in [2.05, 4.69) is 26.2 Å². The Labute approximate surface area is 108 Å². The van der Waals surface area contributed by atoms with Crippen LogP contribution >= 0.6 is 0 Å². The smallest absolute Gasteiger partial charge is 0.00949 e. The van der Waals surface area contributed by atoms with Crippen molar-refractivity contribution < 1.29 is 0 Å². The largest absolute Gasteiger partial charge is 0.317 e. The van der Waals surface area contributed by atoms with Crippen LogP contribution in [0.5, 0.6) is 0 Å². The van der Waals surface area contributed by atoms with Crippen LogP contribution in [0, 0.1) is 23.7 Å². The van der Waals surface area contributed by atoms with Crippen molar-refractivity contribution in [1.29, 1.82) is 0 Å². The van der Waals surface area contributed by atoms with Gasteiger partial charge in [-0.15, -0.1) is 0 Å². The Bertz CT molecular complexity index is 224. The van der Waals surface area contributed by atoms with Gasteiger partial charge in [0, 0.05) is 6.04 Å². The van der Waals surface area contributed by atoms with Crippen LogP contribution < -0.4 is 5.32 Å². The van der Waals surface area contributed by atoms with Crippen molar-refractivity contribution in [3.8, 4) is 0 Å². The van der Waals surface area contributed by atoms with Crippen molar-refractivity contribution in [2.75, 3.05) is 7.05 Å². The molecule has 2 saturated carbocycles. The minimum absolute atomic E-state index is 0.819. The molecule has 0 aromatic carbocycles. The van der Waals surface area contributed by atoms with Gasteiger partial charge in [-0.05, 0) is 50.0 Å². The SMILES string of the molecule is CNC1CCCCC1C1CCCC(C(C)C)C1. The molecule has 0 aliphatic heterocycles. The summed E-state index contributed by atoms with van der Waals surface area (Å²) >= 11 is 0. The average molecular weight is 237 g/mol. The molecule has 4 unspecified atom stereocenters. The summed E-state index contributed by atoms with van der Waals surface area (Å²) in [6.45, 7) is 4.84. The van der Waals surface area contributed by atoms with Gasteiger partial charge in [-0.25, -0.2) is 0 Å². The number of nitrogens with one attached hydrogen (secondary N) is 1. The lowest BCUT2D eigenvalue weighted by Gasteiger charge is -2.42. The van der Waals surface area contributed by atoms with Gasteiger partial charge in [-0.1, -0.05) is 46.0 Å². The van der Waals surface area contributed by atoms with Gasteiger partial charge < -0.3 is 5.32 Å². The van der Waals surface area contributed by atoms with Crippen molar-refractivity contribution in [2.24, 2.45) is 23.7 Å². The molecule has 0 radical (unpaired) electrons. The van der Waals surface area contributed by atoms with E-state index in [0.29, 0.717) is 0 Å². The molecule has 0 bridgehead atoms. The zero-order valence-electron chi connectivity index (χ0n) is 12.0. The first-order valence-corrected chi connectivity index (χ1v) is 7.89. The predicted molar refractivity (Wildman–Crippen MR) is 75.1 cm³/mol. The molecule has 2 fully saturated rings. The topological polar surface area (TPSA) is 12.0 Å². The number of hydrogen-bond acceptors (Lipinski definition) is 1. The summed E-state index contributed by atoms with van der Waals surface area (Å²) in [7, 11) is 2.17. The van der Waals surface area contributed by atoms with Crippen molar-refractivity contribution >= 4 is 0 Å². The molecule has 0 saturated heterocycles. The van der Waals surface area contributed by atoms with Crippen LogP contribution in [0.4, 0.5) is 0 Å². The first-order chi connectivity index (χ1) is 8.22. The highest BCUT2D eigenvalue weighted by Gasteiger charge is 2.34. The minimum Gasteiger partial charge on any atom is -0.317 e. The summed E-state index contributed by atoms with van der Waals surface area (Å²) in [5.41, 5.74) is 0. The molecule has 0 spiro atoms. The van der Waals surface area contributed by atoms with Crippen LogP contribution in [0.3, 0.4) is 0 Å². The third kappa shape index (κ3) is 3.24. The molecule has 0 amide bonds. The Balaban J connectivity index is 1.95. The molecule has 0 aromatic rings. The summed E-state index contributed by atoms with van der Waals surface area (Å²) in [5, 5.41) is 3.60. The van der Waals surface area contributed by atoms with Gasteiger partial charge in [0.05, 0.1) is 0 Å². The van der Waals surface area contributed by atoms with Gasteiger partial charge in [0.2, 0.25) is 0 Å². The molecule has 2 rings (SSSR count). The fourth-order valence-corrected chi connectivity index (χ4v) is 4.34. The fraction of sp³-hybridized carbons (Fsp3) is 1.00. The van der Waals surface area contributed by atoms with E-state index in [-0.39, 0.29) is 0 Å². The molecule has 2 aliphatic carbocycles. The third-order valence-electron chi connectivity index (χ3n) is 5.49. The predicted octanol–water partition coefficient (Wildman–Crippen LogP) is 4.23. The molecule has 0 heterocycles. The van der Waals surface area contributed by atoms with Crippen LogP contribution in [0.2, 0.25) is 0 Å². The highest BCUT2D eigenvalue weighted by atomic mass is 14.9. The second-order valence-electron chi connectivity index (χ2n) is 6.77. The Morgan fingerprint density at radius 2 is 1.71 bits per heavy atom. The minimum atomic E-state index is 0.819. The van der Waals surface area contributed by atoms with E-state index in [1.807, 2.05) is 0 Å². The molecule has 1 N–H and O–H groups in total. The van der Waals surface area contributed by atoms with E-state index in [0.717, 1.165) is 29.7 Å². The quantitative estimate of drug-likeness (QED) is 0.774. The molecule has 0 aromatic heterocycles. The van der Waals surface area contributed by atoms with Gasteiger partial charge in [-0.3, -0.25) is 0 Å². The van der Waals surface area contributed by atoms with Crippen molar-refractivity contribution in [3.63, 3.8) is 0 Å². The molecule has 1 heteroatoms.